The van der Waals surface area contributed by atoms with E-state index < -0.39 is 0 Å². The molecule has 0 aliphatic carbocycles. The molecule has 22 heavy (non-hydrogen) atoms. The molecule has 5 nitrogen and oxygen atoms in total. The highest BCUT2D eigenvalue weighted by molar-refractivity contribution is 9.10. The van der Waals surface area contributed by atoms with E-state index >= 15 is 0 Å². The molecule has 2 aromatic rings. The van der Waals surface area contributed by atoms with Gasteiger partial charge in [0.05, 0.1) is 10.2 Å². The molecule has 1 amide bonds. The molecule has 0 spiro atoms. The molecule has 1 aromatic carbocycles. The maximum absolute atomic E-state index is 13.0. The van der Waals surface area contributed by atoms with E-state index in [-0.39, 0.29) is 11.7 Å². The first kappa shape index (κ1) is 15.2. The van der Waals surface area contributed by atoms with E-state index in [1.807, 2.05) is 0 Å². The number of halogens is 2. The van der Waals surface area contributed by atoms with Gasteiger partial charge in [-0.2, -0.15) is 5.10 Å². The Labute approximate surface area is 136 Å². The Hall–Kier alpha value is -1.73. The number of amides is 1. The van der Waals surface area contributed by atoms with Crippen molar-refractivity contribution in [2.45, 2.75) is 18.9 Å². The molecule has 3 rings (SSSR count). The lowest BCUT2D eigenvalue weighted by Gasteiger charge is -2.10. The van der Waals surface area contributed by atoms with Crippen LogP contribution in [0.4, 0.5) is 4.39 Å². The molecule has 0 radical (unpaired) electrons. The molecule has 1 saturated heterocycles. The Balaban J connectivity index is 1.71. The van der Waals surface area contributed by atoms with Crippen molar-refractivity contribution in [2.24, 2.45) is 0 Å². The topological polar surface area (TPSA) is 59.0 Å². The van der Waals surface area contributed by atoms with Crippen molar-refractivity contribution in [1.29, 1.82) is 0 Å². The summed E-state index contributed by atoms with van der Waals surface area (Å²) in [6, 6.07) is 6.27. The van der Waals surface area contributed by atoms with E-state index in [4.69, 9.17) is 0 Å². The first-order valence-electron chi connectivity index (χ1n) is 7.16. The van der Waals surface area contributed by atoms with Gasteiger partial charge < -0.3 is 10.6 Å². The van der Waals surface area contributed by atoms with Crippen molar-refractivity contribution < 1.29 is 9.18 Å². The summed E-state index contributed by atoms with van der Waals surface area (Å²) in [6.45, 7) is 1.60. The van der Waals surface area contributed by atoms with Crippen molar-refractivity contribution in [3.63, 3.8) is 0 Å². The molecular formula is C15H16BrFN4O. The van der Waals surface area contributed by atoms with E-state index in [1.54, 1.807) is 23.0 Å². The maximum Gasteiger partial charge on any atom is 0.273 e. The van der Waals surface area contributed by atoms with Gasteiger partial charge in [0, 0.05) is 18.8 Å². The van der Waals surface area contributed by atoms with Crippen LogP contribution < -0.4 is 10.6 Å². The summed E-state index contributed by atoms with van der Waals surface area (Å²) in [5.74, 6) is -0.529. The van der Waals surface area contributed by atoms with Crippen molar-refractivity contribution in [1.82, 2.24) is 20.4 Å². The molecule has 116 valence electrons. The molecule has 7 heteroatoms. The van der Waals surface area contributed by atoms with Crippen LogP contribution in [0.15, 0.2) is 34.9 Å². The molecule has 0 bridgehead atoms. The van der Waals surface area contributed by atoms with Gasteiger partial charge in [-0.1, -0.05) is 0 Å². The number of nitrogens with zero attached hydrogens (tertiary/aromatic N) is 2. The van der Waals surface area contributed by atoms with Gasteiger partial charge in [0.1, 0.15) is 5.82 Å². The van der Waals surface area contributed by atoms with Crippen molar-refractivity contribution in [2.75, 3.05) is 13.1 Å². The van der Waals surface area contributed by atoms with Crippen LogP contribution in [0.25, 0.3) is 5.69 Å². The number of nitrogens with one attached hydrogen (secondary N) is 2. The summed E-state index contributed by atoms with van der Waals surface area (Å²) < 4.78 is 15.1. The number of carbonyl (C=O) groups excluding carboxylic acids is 1. The standard InChI is InChI=1S/C15H16BrFN4O/c16-13-9-21(12-5-3-10(17)4-6-12)20-14(13)15(22)19-8-11-2-1-7-18-11/h3-6,9,11,18H,1-2,7-8H2,(H,19,22). The van der Waals surface area contributed by atoms with Gasteiger partial charge in [-0.25, -0.2) is 9.07 Å². The SMILES string of the molecule is O=C(NCC1CCCN1)c1nn(-c2ccc(F)cc2)cc1Br. The third-order valence-electron chi connectivity index (χ3n) is 3.65. The fourth-order valence-electron chi connectivity index (χ4n) is 2.46. The smallest absolute Gasteiger partial charge is 0.273 e. The van der Waals surface area contributed by atoms with Gasteiger partial charge in [0.25, 0.3) is 5.91 Å². The van der Waals surface area contributed by atoms with Gasteiger partial charge in [-0.3, -0.25) is 4.79 Å². The van der Waals surface area contributed by atoms with Crippen LogP contribution in [0.5, 0.6) is 0 Å². The Morgan fingerprint density at radius 1 is 1.45 bits per heavy atom. The summed E-state index contributed by atoms with van der Waals surface area (Å²) in [5, 5.41) is 10.5. The summed E-state index contributed by atoms with van der Waals surface area (Å²) >= 11 is 3.35. The zero-order valence-electron chi connectivity index (χ0n) is 11.9. The lowest BCUT2D eigenvalue weighted by atomic mass is 10.2. The van der Waals surface area contributed by atoms with Crippen molar-refractivity contribution in [3.05, 3.63) is 46.4 Å². The highest BCUT2D eigenvalue weighted by Gasteiger charge is 2.19. The monoisotopic (exact) mass is 366 g/mol. The lowest BCUT2D eigenvalue weighted by molar-refractivity contribution is 0.0944. The van der Waals surface area contributed by atoms with E-state index in [0.717, 1.165) is 19.4 Å². The van der Waals surface area contributed by atoms with E-state index in [9.17, 15) is 9.18 Å². The molecule has 1 fully saturated rings. The van der Waals surface area contributed by atoms with Crippen molar-refractivity contribution >= 4 is 21.8 Å². The molecule has 2 heterocycles. The zero-order valence-corrected chi connectivity index (χ0v) is 13.4. The highest BCUT2D eigenvalue weighted by Crippen LogP contribution is 2.18. The third kappa shape index (κ3) is 3.36. The molecule has 1 aliphatic rings. The van der Waals surface area contributed by atoms with Crippen LogP contribution in [0.2, 0.25) is 0 Å². The zero-order chi connectivity index (χ0) is 15.5. The van der Waals surface area contributed by atoms with Gasteiger partial charge >= 0.3 is 0 Å². The Kier molecular flexibility index (Phi) is 4.54. The third-order valence-corrected chi connectivity index (χ3v) is 4.23. The van der Waals surface area contributed by atoms with E-state index in [2.05, 4.69) is 31.7 Å². The van der Waals surface area contributed by atoms with Crippen LogP contribution in [0, 0.1) is 5.82 Å². The van der Waals surface area contributed by atoms with Crippen LogP contribution in [-0.4, -0.2) is 34.8 Å². The van der Waals surface area contributed by atoms with Crippen LogP contribution in [-0.2, 0) is 0 Å². The number of aromatic nitrogens is 2. The molecule has 1 aliphatic heterocycles. The normalized spacial score (nSPS) is 17.6. The molecule has 1 atom stereocenters. The van der Waals surface area contributed by atoms with Crippen molar-refractivity contribution in [3.8, 4) is 5.69 Å². The average Bonchev–Trinajstić information content (AvgIpc) is 3.15. The predicted octanol–water partition coefficient (Wildman–Crippen LogP) is 2.26. The summed E-state index contributed by atoms with van der Waals surface area (Å²) in [6.07, 6.45) is 3.91. The van der Waals surface area contributed by atoms with Gasteiger partial charge in [0.2, 0.25) is 0 Å². The summed E-state index contributed by atoms with van der Waals surface area (Å²) in [4.78, 5) is 12.2. The fourth-order valence-corrected chi connectivity index (χ4v) is 2.92. The summed E-state index contributed by atoms with van der Waals surface area (Å²) in [5.41, 5.74) is 1.01. The second-order valence-corrected chi connectivity index (χ2v) is 6.10. The van der Waals surface area contributed by atoms with Gasteiger partial charge in [-0.05, 0) is 59.6 Å². The highest BCUT2D eigenvalue weighted by atomic mass is 79.9. The number of carbonyl (C=O) groups is 1. The molecule has 1 aromatic heterocycles. The second-order valence-electron chi connectivity index (χ2n) is 5.25. The van der Waals surface area contributed by atoms with Crippen LogP contribution >= 0.6 is 15.9 Å². The Morgan fingerprint density at radius 3 is 2.91 bits per heavy atom. The molecule has 2 N–H and O–H groups in total. The number of hydrogen-bond acceptors (Lipinski definition) is 3. The van der Waals surface area contributed by atoms with Gasteiger partial charge in [0.15, 0.2) is 5.69 Å². The molecular weight excluding hydrogens is 351 g/mol. The lowest BCUT2D eigenvalue weighted by Crippen LogP contribution is -2.37. The van der Waals surface area contributed by atoms with Crippen LogP contribution in [0.3, 0.4) is 0 Å². The minimum absolute atomic E-state index is 0.221. The second kappa shape index (κ2) is 6.58. The minimum Gasteiger partial charge on any atom is -0.349 e. The van der Waals surface area contributed by atoms with E-state index in [1.165, 1.54) is 12.1 Å². The molecule has 0 saturated carbocycles. The quantitative estimate of drug-likeness (QED) is 0.872. The first-order valence-corrected chi connectivity index (χ1v) is 7.95. The Bertz CT molecular complexity index is 665. The minimum atomic E-state index is -0.308. The maximum atomic E-state index is 13.0. The van der Waals surface area contributed by atoms with E-state index in [0.29, 0.717) is 28.4 Å². The average molecular weight is 367 g/mol. The van der Waals surface area contributed by atoms with Crippen LogP contribution in [0.1, 0.15) is 23.3 Å². The number of benzene rings is 1. The predicted molar refractivity (Wildman–Crippen MR) is 84.6 cm³/mol. The largest absolute Gasteiger partial charge is 0.349 e. The van der Waals surface area contributed by atoms with Gasteiger partial charge in [-0.15, -0.1) is 0 Å². The first-order chi connectivity index (χ1) is 10.6. The number of hydrogen-bond donors (Lipinski definition) is 2. The molecule has 1 unspecified atom stereocenters. The number of rotatable bonds is 4. The summed E-state index contributed by atoms with van der Waals surface area (Å²) in [7, 11) is 0. The fraction of sp³-hybridized carbons (Fsp3) is 0.333. The Morgan fingerprint density at radius 2 is 2.23 bits per heavy atom.